The van der Waals surface area contributed by atoms with Crippen molar-refractivity contribution in [1.82, 2.24) is 0 Å². The molecule has 0 aliphatic rings. The van der Waals surface area contributed by atoms with Crippen molar-refractivity contribution in [2.45, 2.75) is 40.2 Å². The van der Waals surface area contributed by atoms with Gasteiger partial charge in [-0.15, -0.1) is 0 Å². The Bertz CT molecular complexity index is 437. The van der Waals surface area contributed by atoms with Gasteiger partial charge in [-0.05, 0) is 25.8 Å². The lowest BCUT2D eigenvalue weighted by Crippen LogP contribution is -2.26. The monoisotopic (exact) mass is 278 g/mol. The lowest BCUT2D eigenvalue weighted by atomic mass is 9.91. The van der Waals surface area contributed by atoms with Crippen molar-refractivity contribution in [1.29, 1.82) is 0 Å². The highest BCUT2D eigenvalue weighted by molar-refractivity contribution is 5.76. The first-order valence-electron chi connectivity index (χ1n) is 6.82. The maximum Gasteiger partial charge on any atom is 0.311 e. The quantitative estimate of drug-likeness (QED) is 0.719. The molecule has 1 aromatic carbocycles. The lowest BCUT2D eigenvalue weighted by Gasteiger charge is -2.20. The van der Waals surface area contributed by atoms with E-state index in [4.69, 9.17) is 9.47 Å². The Kier molecular flexibility index (Phi) is 6.22. The van der Waals surface area contributed by atoms with Gasteiger partial charge in [-0.2, -0.15) is 0 Å². The van der Waals surface area contributed by atoms with Crippen molar-refractivity contribution in [3.63, 3.8) is 0 Å². The van der Waals surface area contributed by atoms with Gasteiger partial charge in [0.15, 0.2) is 0 Å². The first-order valence-corrected chi connectivity index (χ1v) is 6.82. The van der Waals surface area contributed by atoms with E-state index >= 15 is 0 Å². The van der Waals surface area contributed by atoms with Crippen molar-refractivity contribution in [3.05, 3.63) is 35.9 Å². The number of ether oxygens (including phenoxy) is 2. The third kappa shape index (κ3) is 5.43. The average Bonchev–Trinajstić information content (AvgIpc) is 2.46. The average molecular weight is 278 g/mol. The van der Waals surface area contributed by atoms with Crippen LogP contribution in [0.3, 0.4) is 0 Å². The Labute approximate surface area is 120 Å². The molecule has 0 aliphatic heterocycles. The molecule has 1 rings (SSSR count). The van der Waals surface area contributed by atoms with Crippen molar-refractivity contribution >= 4 is 11.9 Å². The Balaban J connectivity index is 2.22. The normalized spacial score (nSPS) is 10.9. The summed E-state index contributed by atoms with van der Waals surface area (Å²) in [4.78, 5) is 23.2. The smallest absolute Gasteiger partial charge is 0.311 e. The number of benzene rings is 1. The fraction of sp³-hybridized carbons (Fsp3) is 0.500. The van der Waals surface area contributed by atoms with E-state index in [0.717, 1.165) is 5.56 Å². The molecule has 1 aromatic rings. The Morgan fingerprint density at radius 1 is 1.10 bits per heavy atom. The molecule has 0 radical (unpaired) electrons. The molecule has 0 atom stereocenters. The van der Waals surface area contributed by atoms with E-state index in [1.807, 2.05) is 51.1 Å². The van der Waals surface area contributed by atoms with E-state index in [-0.39, 0.29) is 31.6 Å². The van der Waals surface area contributed by atoms with Gasteiger partial charge in [0.05, 0.1) is 11.8 Å². The van der Waals surface area contributed by atoms with Crippen molar-refractivity contribution in [3.8, 4) is 0 Å². The molecule has 0 heterocycles. The molecule has 0 saturated heterocycles. The summed E-state index contributed by atoms with van der Waals surface area (Å²) >= 11 is 0. The summed E-state index contributed by atoms with van der Waals surface area (Å²) in [6.45, 7) is 5.88. The number of hydrogen-bond donors (Lipinski definition) is 0. The summed E-state index contributed by atoms with van der Waals surface area (Å²) in [6.07, 6.45) is 0.780. The van der Waals surface area contributed by atoms with Crippen LogP contribution in [0.4, 0.5) is 0 Å². The van der Waals surface area contributed by atoms with Gasteiger partial charge in [-0.1, -0.05) is 37.3 Å². The molecular formula is C16H22O4. The van der Waals surface area contributed by atoms with Gasteiger partial charge in [-0.3, -0.25) is 9.59 Å². The van der Waals surface area contributed by atoms with Crippen LogP contribution in [0.2, 0.25) is 0 Å². The minimum absolute atomic E-state index is 0.0654. The summed E-state index contributed by atoms with van der Waals surface area (Å²) in [6, 6.07) is 9.45. The van der Waals surface area contributed by atoms with Crippen molar-refractivity contribution in [2.24, 2.45) is 5.41 Å². The highest BCUT2D eigenvalue weighted by Gasteiger charge is 2.27. The molecular weight excluding hydrogens is 256 g/mol. The maximum atomic E-state index is 11.7. The molecule has 0 aromatic heterocycles. The van der Waals surface area contributed by atoms with E-state index in [1.54, 1.807) is 0 Å². The third-order valence-corrected chi connectivity index (χ3v) is 3.22. The fourth-order valence-corrected chi connectivity index (χ4v) is 1.38. The molecule has 0 aliphatic carbocycles. The summed E-state index contributed by atoms with van der Waals surface area (Å²) in [5.74, 6) is -0.646. The molecule has 4 nitrogen and oxygen atoms in total. The molecule has 0 unspecified atom stereocenters. The van der Waals surface area contributed by atoms with Gasteiger partial charge in [0.1, 0.15) is 13.2 Å². The zero-order valence-corrected chi connectivity index (χ0v) is 12.3. The minimum Gasteiger partial charge on any atom is -0.465 e. The number of carbonyl (C=O) groups is 2. The van der Waals surface area contributed by atoms with E-state index in [9.17, 15) is 9.59 Å². The fourth-order valence-electron chi connectivity index (χ4n) is 1.38. The molecule has 0 spiro atoms. The summed E-state index contributed by atoms with van der Waals surface area (Å²) in [7, 11) is 0. The first kappa shape index (κ1) is 16.2. The van der Waals surface area contributed by atoms with Crippen LogP contribution in [0.5, 0.6) is 0 Å². The first-order chi connectivity index (χ1) is 9.45. The SMILES string of the molecule is CCC(C)(C)C(=O)OCCC(=O)OCc1ccccc1. The van der Waals surface area contributed by atoms with E-state index < -0.39 is 5.41 Å². The number of carbonyl (C=O) groups excluding carboxylic acids is 2. The van der Waals surface area contributed by atoms with Crippen molar-refractivity contribution in [2.75, 3.05) is 6.61 Å². The van der Waals surface area contributed by atoms with Crippen LogP contribution in [0.15, 0.2) is 30.3 Å². The standard InChI is InChI=1S/C16H22O4/c1-4-16(2,3)15(18)19-11-10-14(17)20-12-13-8-6-5-7-9-13/h5-9H,4,10-12H2,1-3H3. The predicted molar refractivity (Wildman–Crippen MR) is 75.9 cm³/mol. The van der Waals surface area contributed by atoms with Gasteiger partial charge >= 0.3 is 11.9 Å². The molecule has 110 valence electrons. The lowest BCUT2D eigenvalue weighted by molar-refractivity contribution is -0.156. The molecule has 0 fully saturated rings. The van der Waals surface area contributed by atoms with Gasteiger partial charge in [0.2, 0.25) is 0 Å². The highest BCUT2D eigenvalue weighted by Crippen LogP contribution is 2.21. The van der Waals surface area contributed by atoms with Gasteiger partial charge in [-0.25, -0.2) is 0 Å². The summed E-state index contributed by atoms with van der Waals surface area (Å²) in [5, 5.41) is 0. The van der Waals surface area contributed by atoms with Gasteiger partial charge < -0.3 is 9.47 Å². The number of hydrogen-bond acceptors (Lipinski definition) is 4. The second-order valence-electron chi connectivity index (χ2n) is 5.27. The molecule has 0 amide bonds. The van der Waals surface area contributed by atoms with Crippen LogP contribution in [-0.4, -0.2) is 18.5 Å². The highest BCUT2D eigenvalue weighted by atomic mass is 16.5. The second-order valence-corrected chi connectivity index (χ2v) is 5.27. The molecule has 0 N–H and O–H groups in total. The maximum absolute atomic E-state index is 11.7. The number of rotatable bonds is 7. The number of esters is 2. The van der Waals surface area contributed by atoms with Crippen LogP contribution in [0.25, 0.3) is 0 Å². The minimum atomic E-state index is -0.506. The van der Waals surface area contributed by atoms with E-state index in [0.29, 0.717) is 6.42 Å². The van der Waals surface area contributed by atoms with Crippen LogP contribution in [0.1, 0.15) is 39.2 Å². The van der Waals surface area contributed by atoms with Crippen LogP contribution >= 0.6 is 0 Å². The summed E-state index contributed by atoms with van der Waals surface area (Å²) < 4.78 is 10.2. The van der Waals surface area contributed by atoms with Crippen molar-refractivity contribution < 1.29 is 19.1 Å². The van der Waals surface area contributed by atoms with E-state index in [1.165, 1.54) is 0 Å². The zero-order chi connectivity index (χ0) is 15.0. The topological polar surface area (TPSA) is 52.6 Å². The van der Waals surface area contributed by atoms with Gasteiger partial charge in [0.25, 0.3) is 0 Å². The predicted octanol–water partition coefficient (Wildman–Crippen LogP) is 3.10. The Morgan fingerprint density at radius 2 is 1.75 bits per heavy atom. The van der Waals surface area contributed by atoms with E-state index in [2.05, 4.69) is 0 Å². The van der Waals surface area contributed by atoms with Gasteiger partial charge in [0, 0.05) is 0 Å². The molecule has 0 bridgehead atoms. The van der Waals surface area contributed by atoms with Crippen LogP contribution in [-0.2, 0) is 25.7 Å². The molecule has 0 saturated carbocycles. The van der Waals surface area contributed by atoms with Crippen LogP contribution < -0.4 is 0 Å². The molecule has 20 heavy (non-hydrogen) atoms. The third-order valence-electron chi connectivity index (χ3n) is 3.22. The molecule has 4 heteroatoms. The van der Waals surface area contributed by atoms with Crippen LogP contribution in [0, 0.1) is 5.41 Å². The Hall–Kier alpha value is -1.84. The Morgan fingerprint density at radius 3 is 2.35 bits per heavy atom. The zero-order valence-electron chi connectivity index (χ0n) is 12.3. The largest absolute Gasteiger partial charge is 0.465 e. The summed E-state index contributed by atoms with van der Waals surface area (Å²) in [5.41, 5.74) is 0.429. The second kappa shape index (κ2) is 7.68.